The smallest absolute Gasteiger partial charge is 0.216 e. The molecule has 0 rings (SSSR count). The first kappa shape index (κ1) is 14.3. The van der Waals surface area contributed by atoms with Gasteiger partial charge in [-0.2, -0.15) is 0 Å². The molecule has 1 N–H and O–H groups in total. The van der Waals surface area contributed by atoms with Gasteiger partial charge in [-0.25, -0.2) is 0 Å². The first-order valence-corrected chi connectivity index (χ1v) is 5.17. The van der Waals surface area contributed by atoms with E-state index < -0.39 is 0 Å². The fraction of sp³-hybridized carbons (Fsp3) is 0.900. The second-order valence-corrected chi connectivity index (χ2v) is 3.51. The number of carbonyl (C=O) groups excluding carboxylic acids is 1. The van der Waals surface area contributed by atoms with Crippen LogP contribution in [0.3, 0.4) is 0 Å². The minimum atomic E-state index is -0.0270. The maximum atomic E-state index is 10.5. The fourth-order valence-electron chi connectivity index (χ4n) is 0.868. The Balaban J connectivity index is 2.96. The second kappa shape index (κ2) is 9.89. The van der Waals surface area contributed by atoms with Crippen LogP contribution in [0, 0.1) is 0 Å². The first-order valence-electron chi connectivity index (χ1n) is 5.17. The molecule has 0 aromatic heterocycles. The van der Waals surface area contributed by atoms with Crippen LogP contribution in [-0.4, -0.2) is 64.4 Å². The van der Waals surface area contributed by atoms with Crippen LogP contribution in [0.15, 0.2) is 0 Å². The molecule has 0 aliphatic heterocycles. The molecule has 90 valence electrons. The largest absolute Gasteiger partial charge is 0.378 e. The lowest BCUT2D eigenvalue weighted by atomic mass is 10.6. The number of hydrogen-bond acceptors (Lipinski definition) is 4. The Morgan fingerprint density at radius 1 is 1.13 bits per heavy atom. The third kappa shape index (κ3) is 13.3. The maximum Gasteiger partial charge on any atom is 0.216 e. The summed E-state index contributed by atoms with van der Waals surface area (Å²) < 4.78 is 10.6. The lowest BCUT2D eigenvalue weighted by Crippen LogP contribution is -2.25. The SMILES string of the molecule is CC(=O)NCCOCCOCCN(C)C. The normalized spacial score (nSPS) is 10.7. The van der Waals surface area contributed by atoms with E-state index in [1.54, 1.807) is 0 Å². The van der Waals surface area contributed by atoms with Gasteiger partial charge in [0.15, 0.2) is 0 Å². The molecule has 0 unspecified atom stereocenters. The summed E-state index contributed by atoms with van der Waals surface area (Å²) in [6.45, 7) is 5.42. The van der Waals surface area contributed by atoms with Gasteiger partial charge in [0.2, 0.25) is 5.91 Å². The third-order valence-electron chi connectivity index (χ3n) is 1.68. The van der Waals surface area contributed by atoms with Crippen molar-refractivity contribution in [1.82, 2.24) is 10.2 Å². The van der Waals surface area contributed by atoms with Gasteiger partial charge < -0.3 is 19.7 Å². The van der Waals surface area contributed by atoms with Gasteiger partial charge in [-0.1, -0.05) is 0 Å². The number of hydrogen-bond donors (Lipinski definition) is 1. The van der Waals surface area contributed by atoms with Gasteiger partial charge in [-0.15, -0.1) is 0 Å². The average molecular weight is 218 g/mol. The van der Waals surface area contributed by atoms with Gasteiger partial charge in [0.25, 0.3) is 0 Å². The molecule has 0 aromatic rings. The van der Waals surface area contributed by atoms with Gasteiger partial charge in [-0.3, -0.25) is 4.79 Å². The van der Waals surface area contributed by atoms with Crippen LogP contribution in [0.25, 0.3) is 0 Å². The molecule has 5 nitrogen and oxygen atoms in total. The Kier molecular flexibility index (Phi) is 9.46. The molecule has 0 atom stereocenters. The Morgan fingerprint density at radius 3 is 2.27 bits per heavy atom. The zero-order valence-corrected chi connectivity index (χ0v) is 9.91. The van der Waals surface area contributed by atoms with E-state index in [2.05, 4.69) is 10.2 Å². The number of rotatable bonds is 9. The van der Waals surface area contributed by atoms with Crippen molar-refractivity contribution in [2.45, 2.75) is 6.92 Å². The van der Waals surface area contributed by atoms with Crippen LogP contribution in [0.4, 0.5) is 0 Å². The molecule has 0 aliphatic carbocycles. The highest BCUT2D eigenvalue weighted by molar-refractivity contribution is 5.72. The van der Waals surface area contributed by atoms with Gasteiger partial charge in [-0.05, 0) is 14.1 Å². The topological polar surface area (TPSA) is 50.8 Å². The molecule has 0 heterocycles. The molecule has 0 bridgehead atoms. The van der Waals surface area contributed by atoms with E-state index in [9.17, 15) is 4.79 Å². The predicted molar refractivity (Wildman–Crippen MR) is 58.9 cm³/mol. The van der Waals surface area contributed by atoms with Crippen LogP contribution >= 0.6 is 0 Å². The number of carbonyl (C=O) groups is 1. The van der Waals surface area contributed by atoms with E-state index in [0.717, 1.165) is 13.2 Å². The first-order chi connectivity index (χ1) is 7.13. The van der Waals surface area contributed by atoms with Crippen molar-refractivity contribution >= 4 is 5.91 Å². The quantitative estimate of drug-likeness (QED) is 0.541. The molecular weight excluding hydrogens is 196 g/mol. The Bertz CT molecular complexity index is 163. The summed E-state index contributed by atoms with van der Waals surface area (Å²) in [4.78, 5) is 12.6. The van der Waals surface area contributed by atoms with E-state index in [4.69, 9.17) is 9.47 Å². The van der Waals surface area contributed by atoms with Gasteiger partial charge >= 0.3 is 0 Å². The van der Waals surface area contributed by atoms with E-state index in [-0.39, 0.29) is 5.91 Å². The van der Waals surface area contributed by atoms with E-state index in [0.29, 0.717) is 26.4 Å². The standard InChI is InChI=1S/C10H22N2O3/c1-10(13)11-4-6-14-8-9-15-7-5-12(2)3/h4-9H2,1-3H3,(H,11,13). The highest BCUT2D eigenvalue weighted by Gasteiger charge is 1.93. The number of nitrogens with one attached hydrogen (secondary N) is 1. The second-order valence-electron chi connectivity index (χ2n) is 3.51. The number of ether oxygens (including phenoxy) is 2. The Labute approximate surface area is 91.7 Å². The summed E-state index contributed by atoms with van der Waals surface area (Å²) in [6, 6.07) is 0. The molecule has 0 spiro atoms. The highest BCUT2D eigenvalue weighted by atomic mass is 16.5. The number of amides is 1. The molecule has 1 amide bonds. The van der Waals surface area contributed by atoms with Crippen molar-refractivity contribution in [1.29, 1.82) is 0 Å². The van der Waals surface area contributed by atoms with Gasteiger partial charge in [0.05, 0.1) is 26.4 Å². The lowest BCUT2D eigenvalue weighted by molar-refractivity contribution is -0.119. The Morgan fingerprint density at radius 2 is 1.73 bits per heavy atom. The predicted octanol–water partition coefficient (Wildman–Crippen LogP) is -0.283. The molecule has 15 heavy (non-hydrogen) atoms. The van der Waals surface area contributed by atoms with Crippen molar-refractivity contribution < 1.29 is 14.3 Å². The third-order valence-corrected chi connectivity index (χ3v) is 1.68. The number of likely N-dealkylation sites (N-methyl/N-ethyl adjacent to an activating group) is 1. The monoisotopic (exact) mass is 218 g/mol. The minimum Gasteiger partial charge on any atom is -0.378 e. The van der Waals surface area contributed by atoms with Gasteiger partial charge in [0.1, 0.15) is 0 Å². The molecular formula is C10H22N2O3. The lowest BCUT2D eigenvalue weighted by Gasteiger charge is -2.10. The molecule has 0 fully saturated rings. The zero-order chi connectivity index (χ0) is 11.5. The average Bonchev–Trinajstić information content (AvgIpc) is 2.14. The highest BCUT2D eigenvalue weighted by Crippen LogP contribution is 1.80. The summed E-state index contributed by atoms with van der Waals surface area (Å²) in [7, 11) is 4.01. The van der Waals surface area contributed by atoms with E-state index >= 15 is 0 Å². The van der Waals surface area contributed by atoms with Crippen LogP contribution in [0.5, 0.6) is 0 Å². The summed E-state index contributed by atoms with van der Waals surface area (Å²) in [5.41, 5.74) is 0. The minimum absolute atomic E-state index is 0.0270. The number of nitrogens with zero attached hydrogens (tertiary/aromatic N) is 1. The van der Waals surface area contributed by atoms with Crippen LogP contribution in [-0.2, 0) is 14.3 Å². The maximum absolute atomic E-state index is 10.5. The van der Waals surface area contributed by atoms with Crippen LogP contribution in [0.2, 0.25) is 0 Å². The summed E-state index contributed by atoms with van der Waals surface area (Å²) >= 11 is 0. The summed E-state index contributed by atoms with van der Waals surface area (Å²) in [5.74, 6) is -0.0270. The molecule has 0 radical (unpaired) electrons. The Hall–Kier alpha value is -0.650. The molecule has 0 saturated heterocycles. The molecule has 0 aliphatic rings. The zero-order valence-electron chi connectivity index (χ0n) is 9.91. The van der Waals surface area contributed by atoms with E-state index in [1.807, 2.05) is 14.1 Å². The summed E-state index contributed by atoms with van der Waals surface area (Å²) in [5, 5.41) is 2.65. The van der Waals surface area contributed by atoms with Crippen molar-refractivity contribution in [3.05, 3.63) is 0 Å². The van der Waals surface area contributed by atoms with Crippen molar-refractivity contribution in [3.8, 4) is 0 Å². The van der Waals surface area contributed by atoms with Crippen molar-refractivity contribution in [2.75, 3.05) is 53.6 Å². The van der Waals surface area contributed by atoms with Crippen LogP contribution < -0.4 is 5.32 Å². The van der Waals surface area contributed by atoms with E-state index in [1.165, 1.54) is 6.92 Å². The molecule has 0 aromatic carbocycles. The van der Waals surface area contributed by atoms with Crippen molar-refractivity contribution in [2.24, 2.45) is 0 Å². The summed E-state index contributed by atoms with van der Waals surface area (Å²) in [6.07, 6.45) is 0. The van der Waals surface area contributed by atoms with Crippen LogP contribution in [0.1, 0.15) is 6.92 Å². The fourth-order valence-corrected chi connectivity index (χ4v) is 0.868. The molecule has 0 saturated carbocycles. The van der Waals surface area contributed by atoms with Gasteiger partial charge in [0, 0.05) is 20.0 Å². The molecule has 5 heteroatoms. The van der Waals surface area contributed by atoms with Crippen molar-refractivity contribution in [3.63, 3.8) is 0 Å².